The van der Waals surface area contributed by atoms with E-state index in [0.29, 0.717) is 22.0 Å². The van der Waals surface area contributed by atoms with Crippen LogP contribution in [0.5, 0.6) is 11.5 Å². The molecule has 1 heterocycles. The zero-order chi connectivity index (χ0) is 21.7. The first kappa shape index (κ1) is 21.4. The van der Waals surface area contributed by atoms with Gasteiger partial charge in [-0.1, -0.05) is 23.9 Å². The molecule has 1 aliphatic rings. The predicted molar refractivity (Wildman–Crippen MR) is 115 cm³/mol. The number of aliphatic hydroxyl groups excluding tert-OH is 1. The van der Waals surface area contributed by atoms with Gasteiger partial charge in [0.15, 0.2) is 0 Å². The Labute approximate surface area is 177 Å². The molecule has 0 atom stereocenters. The van der Waals surface area contributed by atoms with Crippen LogP contribution in [0.4, 0.5) is 10.1 Å². The van der Waals surface area contributed by atoms with Crippen LogP contribution in [-0.4, -0.2) is 36.9 Å². The maximum absolute atomic E-state index is 14.1. The lowest BCUT2D eigenvalue weighted by Gasteiger charge is -2.08. The molecule has 1 aliphatic heterocycles. The zero-order valence-electron chi connectivity index (χ0n) is 16.6. The van der Waals surface area contributed by atoms with E-state index in [4.69, 9.17) is 14.2 Å². The Balaban J connectivity index is 2.11. The second-order valence-electron chi connectivity index (χ2n) is 6.03. The van der Waals surface area contributed by atoms with Crippen LogP contribution in [0, 0.1) is 5.82 Å². The van der Waals surface area contributed by atoms with Gasteiger partial charge in [-0.2, -0.15) is 0 Å². The van der Waals surface area contributed by atoms with E-state index >= 15 is 0 Å². The lowest BCUT2D eigenvalue weighted by molar-refractivity contribution is -0.138. The number of aliphatic imine (C=N–C) groups is 1. The predicted octanol–water partition coefficient (Wildman–Crippen LogP) is 5.04. The van der Waals surface area contributed by atoms with E-state index in [1.165, 1.54) is 19.2 Å². The molecule has 0 aromatic heterocycles. The third-order valence-electron chi connectivity index (χ3n) is 4.17. The van der Waals surface area contributed by atoms with Crippen LogP contribution in [0.2, 0.25) is 0 Å². The number of halogens is 1. The van der Waals surface area contributed by atoms with Gasteiger partial charge >= 0.3 is 5.97 Å². The molecule has 2 aromatic carbocycles. The number of carbonyl (C=O) groups is 1. The van der Waals surface area contributed by atoms with Gasteiger partial charge in [0.25, 0.3) is 0 Å². The molecule has 0 radical (unpaired) electrons. The Morgan fingerprint density at radius 2 is 1.97 bits per heavy atom. The minimum Gasteiger partial charge on any atom is -0.506 e. The molecular formula is C22H20FNO5S. The summed E-state index contributed by atoms with van der Waals surface area (Å²) in [4.78, 5) is 17.1. The van der Waals surface area contributed by atoms with Crippen molar-refractivity contribution >= 4 is 34.5 Å². The van der Waals surface area contributed by atoms with Gasteiger partial charge in [0, 0.05) is 5.56 Å². The molecule has 0 amide bonds. The number of aliphatic hydroxyl groups is 1. The van der Waals surface area contributed by atoms with Gasteiger partial charge in [0.1, 0.15) is 39.4 Å². The molecule has 0 unspecified atom stereocenters. The summed E-state index contributed by atoms with van der Waals surface area (Å²) >= 11 is 1.04. The second kappa shape index (κ2) is 9.49. The third-order valence-corrected chi connectivity index (χ3v) is 5.19. The number of benzene rings is 2. The Kier molecular flexibility index (Phi) is 6.79. The van der Waals surface area contributed by atoms with E-state index in [1.54, 1.807) is 50.4 Å². The van der Waals surface area contributed by atoms with E-state index in [-0.39, 0.29) is 28.7 Å². The molecule has 6 nitrogen and oxygen atoms in total. The third kappa shape index (κ3) is 4.49. The van der Waals surface area contributed by atoms with Crippen LogP contribution in [-0.2, 0) is 9.53 Å². The van der Waals surface area contributed by atoms with E-state index in [1.807, 2.05) is 0 Å². The number of rotatable bonds is 6. The number of ether oxygens (including phenoxy) is 3. The quantitative estimate of drug-likeness (QED) is 0.649. The van der Waals surface area contributed by atoms with Gasteiger partial charge in [-0.05, 0) is 43.3 Å². The lowest BCUT2D eigenvalue weighted by atomic mass is 10.1. The molecule has 0 saturated heterocycles. The molecule has 1 N–H and O–H groups in total. The monoisotopic (exact) mass is 429 g/mol. The number of thioether (sulfide) groups is 1. The van der Waals surface area contributed by atoms with Crippen molar-refractivity contribution in [1.29, 1.82) is 0 Å². The fraction of sp³-hybridized carbons (Fsp3) is 0.182. The summed E-state index contributed by atoms with van der Waals surface area (Å²) in [5.74, 6) is -0.425. The normalized spacial score (nSPS) is 16.3. The summed E-state index contributed by atoms with van der Waals surface area (Å²) < 4.78 is 29.8. The summed E-state index contributed by atoms with van der Waals surface area (Å²) in [5, 5.41) is 10.9. The summed E-state index contributed by atoms with van der Waals surface area (Å²) in [6.45, 7) is 1.78. The highest BCUT2D eigenvalue weighted by Gasteiger charge is 2.33. The highest BCUT2D eigenvalue weighted by Crippen LogP contribution is 2.41. The molecular weight excluding hydrogens is 409 g/mol. The number of nitrogens with zero attached hydrogens (tertiary/aromatic N) is 1. The van der Waals surface area contributed by atoms with Crippen LogP contribution in [0.25, 0.3) is 6.08 Å². The summed E-state index contributed by atoms with van der Waals surface area (Å²) in [5.41, 5.74) is 0.564. The molecule has 2 aromatic rings. The maximum atomic E-state index is 14.1. The average Bonchev–Trinajstić information content (AvgIpc) is 3.04. The molecule has 0 fully saturated rings. The van der Waals surface area contributed by atoms with Crippen molar-refractivity contribution in [3.63, 3.8) is 0 Å². The smallest absolute Gasteiger partial charge is 0.344 e. The van der Waals surface area contributed by atoms with Crippen molar-refractivity contribution in [2.24, 2.45) is 4.99 Å². The Morgan fingerprint density at radius 1 is 1.20 bits per heavy atom. The molecule has 156 valence electrons. The van der Waals surface area contributed by atoms with Gasteiger partial charge in [-0.15, -0.1) is 0 Å². The standard InChI is InChI=1S/C22H20FNO5S/c1-4-29-22(26)19-20(25)18(12-13-11-14(27-2)9-10-17(13)28-3)30-21(19)24-16-8-6-5-7-15(16)23/h5-12,25H,4H2,1-3H3/b18-12+,24-21?. The first-order chi connectivity index (χ1) is 14.5. The van der Waals surface area contributed by atoms with Crippen molar-refractivity contribution in [3.05, 3.63) is 70.1 Å². The van der Waals surface area contributed by atoms with Crippen molar-refractivity contribution in [3.8, 4) is 11.5 Å². The first-order valence-corrected chi connectivity index (χ1v) is 9.86. The molecule has 0 aliphatic carbocycles. The van der Waals surface area contributed by atoms with Crippen molar-refractivity contribution in [1.82, 2.24) is 0 Å². The number of methoxy groups -OCH3 is 2. The second-order valence-corrected chi connectivity index (χ2v) is 7.06. The fourth-order valence-electron chi connectivity index (χ4n) is 2.74. The first-order valence-electron chi connectivity index (χ1n) is 9.04. The van der Waals surface area contributed by atoms with Crippen LogP contribution in [0.15, 0.2) is 63.7 Å². The number of hydrogen-bond donors (Lipinski definition) is 1. The van der Waals surface area contributed by atoms with Crippen molar-refractivity contribution in [2.75, 3.05) is 20.8 Å². The van der Waals surface area contributed by atoms with Crippen molar-refractivity contribution in [2.45, 2.75) is 6.92 Å². The number of para-hydroxylation sites is 1. The van der Waals surface area contributed by atoms with Gasteiger partial charge < -0.3 is 19.3 Å². The topological polar surface area (TPSA) is 77.4 Å². The molecule has 0 saturated carbocycles. The Morgan fingerprint density at radius 3 is 2.63 bits per heavy atom. The molecule has 3 rings (SSSR count). The molecule has 8 heteroatoms. The van der Waals surface area contributed by atoms with Crippen LogP contribution < -0.4 is 9.47 Å². The van der Waals surface area contributed by atoms with Crippen LogP contribution in [0.1, 0.15) is 12.5 Å². The number of carbonyl (C=O) groups excluding carboxylic acids is 1. The lowest BCUT2D eigenvalue weighted by Crippen LogP contribution is -2.12. The van der Waals surface area contributed by atoms with Gasteiger partial charge in [-0.3, -0.25) is 0 Å². The van der Waals surface area contributed by atoms with Gasteiger partial charge in [0.05, 0.1) is 25.7 Å². The fourth-order valence-corrected chi connectivity index (χ4v) is 3.76. The van der Waals surface area contributed by atoms with Gasteiger partial charge in [0.2, 0.25) is 0 Å². The Hall–Kier alpha value is -3.26. The average molecular weight is 429 g/mol. The van der Waals surface area contributed by atoms with Crippen molar-refractivity contribution < 1.29 is 28.5 Å². The number of hydrogen-bond acceptors (Lipinski definition) is 7. The molecule has 0 spiro atoms. The van der Waals surface area contributed by atoms with Crippen LogP contribution in [0.3, 0.4) is 0 Å². The van der Waals surface area contributed by atoms with E-state index < -0.39 is 11.8 Å². The highest BCUT2D eigenvalue weighted by atomic mass is 32.2. The number of esters is 1. The maximum Gasteiger partial charge on any atom is 0.344 e. The van der Waals surface area contributed by atoms with E-state index in [0.717, 1.165) is 11.8 Å². The van der Waals surface area contributed by atoms with E-state index in [9.17, 15) is 14.3 Å². The SMILES string of the molecule is CCOC(=O)C1=C(O)/C(=C\c2cc(OC)ccc2OC)SC1=Nc1ccccc1F. The summed E-state index contributed by atoms with van der Waals surface area (Å²) in [6.07, 6.45) is 1.64. The molecule has 0 bridgehead atoms. The Bertz CT molecular complexity index is 1060. The largest absolute Gasteiger partial charge is 0.506 e. The summed E-state index contributed by atoms with van der Waals surface area (Å²) in [6, 6.07) is 11.1. The van der Waals surface area contributed by atoms with E-state index in [2.05, 4.69) is 4.99 Å². The minimum absolute atomic E-state index is 0.0507. The zero-order valence-corrected chi connectivity index (χ0v) is 17.5. The van der Waals surface area contributed by atoms with Crippen LogP contribution >= 0.6 is 11.8 Å². The minimum atomic E-state index is -0.737. The highest BCUT2D eigenvalue weighted by molar-refractivity contribution is 8.18. The van der Waals surface area contributed by atoms with Gasteiger partial charge in [-0.25, -0.2) is 14.2 Å². The summed E-state index contributed by atoms with van der Waals surface area (Å²) in [7, 11) is 3.06. The molecule has 30 heavy (non-hydrogen) atoms.